The molecule has 4 heteroatoms. The third kappa shape index (κ3) is 1.69. The number of esters is 1. The van der Waals surface area contributed by atoms with Crippen molar-refractivity contribution < 1.29 is 14.3 Å². The van der Waals surface area contributed by atoms with Gasteiger partial charge in [0.1, 0.15) is 0 Å². The smallest absolute Gasteiger partial charge is 0.360 e. The fraction of sp³-hybridized carbons (Fsp3) is 0.167. The van der Waals surface area contributed by atoms with Gasteiger partial charge in [-0.05, 0) is 12.1 Å². The second-order valence-corrected chi connectivity index (χ2v) is 3.22. The standard InChI is InChI=1S/C12H11NO3/c1-15-10-7-8-5-3-4-6-9(8)13-11(10)12(14)16-2/h3-7H,1-2H3. The third-order valence-corrected chi connectivity index (χ3v) is 2.29. The Morgan fingerprint density at radius 2 is 2.00 bits per heavy atom. The summed E-state index contributed by atoms with van der Waals surface area (Å²) < 4.78 is 9.76. The zero-order chi connectivity index (χ0) is 11.5. The zero-order valence-electron chi connectivity index (χ0n) is 9.06. The average Bonchev–Trinajstić information content (AvgIpc) is 2.36. The van der Waals surface area contributed by atoms with E-state index in [-0.39, 0.29) is 5.69 Å². The molecule has 0 spiro atoms. The van der Waals surface area contributed by atoms with Crippen LogP contribution in [0.25, 0.3) is 10.9 Å². The number of fused-ring (bicyclic) bond motifs is 1. The number of hydrogen-bond acceptors (Lipinski definition) is 4. The molecule has 0 radical (unpaired) electrons. The summed E-state index contributed by atoms with van der Waals surface area (Å²) in [5, 5.41) is 0.923. The number of pyridine rings is 1. The van der Waals surface area contributed by atoms with E-state index in [4.69, 9.17) is 4.74 Å². The summed E-state index contributed by atoms with van der Waals surface area (Å²) in [7, 11) is 2.82. The Morgan fingerprint density at radius 1 is 1.25 bits per heavy atom. The number of methoxy groups -OCH3 is 2. The van der Waals surface area contributed by atoms with Gasteiger partial charge in [0.25, 0.3) is 0 Å². The van der Waals surface area contributed by atoms with Gasteiger partial charge in [-0.3, -0.25) is 0 Å². The van der Waals surface area contributed by atoms with Crippen LogP contribution in [0.2, 0.25) is 0 Å². The first kappa shape index (κ1) is 10.4. The monoisotopic (exact) mass is 217 g/mol. The van der Waals surface area contributed by atoms with Crippen molar-refractivity contribution in [2.24, 2.45) is 0 Å². The minimum absolute atomic E-state index is 0.198. The molecule has 1 heterocycles. The predicted octanol–water partition coefficient (Wildman–Crippen LogP) is 2.03. The highest BCUT2D eigenvalue weighted by Gasteiger charge is 2.15. The van der Waals surface area contributed by atoms with Gasteiger partial charge in [0.2, 0.25) is 0 Å². The molecule has 2 rings (SSSR count). The lowest BCUT2D eigenvalue weighted by Crippen LogP contribution is -2.07. The van der Waals surface area contributed by atoms with Gasteiger partial charge in [0.15, 0.2) is 11.4 Å². The molecule has 0 amide bonds. The summed E-state index contributed by atoms with van der Waals surface area (Å²) in [5.41, 5.74) is 0.937. The maximum absolute atomic E-state index is 11.5. The quantitative estimate of drug-likeness (QED) is 0.722. The van der Waals surface area contributed by atoms with Crippen molar-refractivity contribution in [1.29, 1.82) is 0 Å². The lowest BCUT2D eigenvalue weighted by Gasteiger charge is -2.07. The van der Waals surface area contributed by atoms with Gasteiger partial charge in [-0.2, -0.15) is 0 Å². The van der Waals surface area contributed by atoms with Crippen LogP contribution in [-0.2, 0) is 4.74 Å². The van der Waals surface area contributed by atoms with Crippen molar-refractivity contribution in [1.82, 2.24) is 4.98 Å². The van der Waals surface area contributed by atoms with Crippen LogP contribution in [0.15, 0.2) is 30.3 Å². The molecule has 4 nitrogen and oxygen atoms in total. The van der Waals surface area contributed by atoms with Crippen molar-refractivity contribution in [3.8, 4) is 5.75 Å². The third-order valence-electron chi connectivity index (χ3n) is 2.29. The number of carbonyl (C=O) groups excluding carboxylic acids is 1. The van der Waals surface area contributed by atoms with Crippen LogP contribution in [-0.4, -0.2) is 25.2 Å². The van der Waals surface area contributed by atoms with Crippen molar-refractivity contribution in [3.63, 3.8) is 0 Å². The number of ether oxygens (including phenoxy) is 2. The number of hydrogen-bond donors (Lipinski definition) is 0. The van der Waals surface area contributed by atoms with Crippen molar-refractivity contribution in [2.45, 2.75) is 0 Å². The molecule has 0 aliphatic heterocycles. The molecule has 82 valence electrons. The van der Waals surface area contributed by atoms with Gasteiger partial charge in [0, 0.05) is 5.39 Å². The second-order valence-electron chi connectivity index (χ2n) is 3.22. The van der Waals surface area contributed by atoms with E-state index < -0.39 is 5.97 Å². The van der Waals surface area contributed by atoms with Gasteiger partial charge in [-0.15, -0.1) is 0 Å². The first-order valence-corrected chi connectivity index (χ1v) is 4.78. The fourth-order valence-corrected chi connectivity index (χ4v) is 1.50. The van der Waals surface area contributed by atoms with E-state index in [2.05, 4.69) is 9.72 Å². The molecule has 0 saturated heterocycles. The fourth-order valence-electron chi connectivity index (χ4n) is 1.50. The molecule has 0 saturated carbocycles. The molecular weight excluding hydrogens is 206 g/mol. The molecule has 0 atom stereocenters. The Bertz CT molecular complexity index is 537. The molecule has 0 aliphatic carbocycles. The molecule has 1 aromatic carbocycles. The van der Waals surface area contributed by atoms with Crippen molar-refractivity contribution in [3.05, 3.63) is 36.0 Å². The van der Waals surface area contributed by atoms with E-state index in [0.29, 0.717) is 5.75 Å². The number of rotatable bonds is 2. The van der Waals surface area contributed by atoms with Crippen molar-refractivity contribution >= 4 is 16.9 Å². The summed E-state index contributed by atoms with van der Waals surface area (Å²) >= 11 is 0. The summed E-state index contributed by atoms with van der Waals surface area (Å²) in [6.07, 6.45) is 0. The summed E-state index contributed by atoms with van der Waals surface area (Å²) in [4.78, 5) is 15.7. The zero-order valence-corrected chi connectivity index (χ0v) is 9.06. The maximum atomic E-state index is 11.5. The summed E-state index contributed by atoms with van der Waals surface area (Å²) in [5.74, 6) is -0.0758. The summed E-state index contributed by atoms with van der Waals surface area (Å²) in [6.45, 7) is 0. The number of para-hydroxylation sites is 1. The maximum Gasteiger partial charge on any atom is 0.360 e. The topological polar surface area (TPSA) is 48.4 Å². The molecule has 1 aromatic heterocycles. The molecular formula is C12H11NO3. The first-order valence-electron chi connectivity index (χ1n) is 4.78. The normalized spacial score (nSPS) is 10.1. The molecule has 2 aromatic rings. The molecule has 0 bridgehead atoms. The highest BCUT2D eigenvalue weighted by atomic mass is 16.5. The van der Waals surface area contributed by atoms with Crippen LogP contribution >= 0.6 is 0 Å². The van der Waals surface area contributed by atoms with Crippen LogP contribution in [0.4, 0.5) is 0 Å². The molecule has 0 unspecified atom stereocenters. The van der Waals surface area contributed by atoms with Gasteiger partial charge in [-0.1, -0.05) is 18.2 Å². The van der Waals surface area contributed by atoms with Gasteiger partial charge in [-0.25, -0.2) is 9.78 Å². The van der Waals surface area contributed by atoms with Crippen LogP contribution < -0.4 is 4.74 Å². The van der Waals surface area contributed by atoms with Crippen LogP contribution in [0, 0.1) is 0 Å². The number of nitrogens with zero attached hydrogens (tertiary/aromatic N) is 1. The molecule has 0 aliphatic rings. The van der Waals surface area contributed by atoms with Gasteiger partial charge >= 0.3 is 5.97 Å². The van der Waals surface area contributed by atoms with Crippen LogP contribution in [0.1, 0.15) is 10.5 Å². The molecule has 0 N–H and O–H groups in total. The Morgan fingerprint density at radius 3 is 2.69 bits per heavy atom. The Labute approximate surface area is 92.8 Å². The predicted molar refractivity (Wildman–Crippen MR) is 59.6 cm³/mol. The van der Waals surface area contributed by atoms with E-state index in [9.17, 15) is 4.79 Å². The average molecular weight is 217 g/mol. The van der Waals surface area contributed by atoms with Gasteiger partial charge in [0.05, 0.1) is 19.7 Å². The minimum Gasteiger partial charge on any atom is -0.494 e. The SMILES string of the molecule is COC(=O)c1nc2ccccc2cc1OC. The molecule has 16 heavy (non-hydrogen) atoms. The van der Waals surface area contributed by atoms with E-state index in [1.54, 1.807) is 6.07 Å². The first-order chi connectivity index (χ1) is 7.76. The van der Waals surface area contributed by atoms with E-state index in [1.807, 2.05) is 24.3 Å². The Kier molecular flexibility index (Phi) is 2.72. The van der Waals surface area contributed by atoms with E-state index in [1.165, 1.54) is 14.2 Å². The van der Waals surface area contributed by atoms with Crippen LogP contribution in [0.3, 0.4) is 0 Å². The number of benzene rings is 1. The highest BCUT2D eigenvalue weighted by Crippen LogP contribution is 2.23. The Hall–Kier alpha value is -2.10. The Balaban J connectivity index is 2.67. The van der Waals surface area contributed by atoms with Crippen molar-refractivity contribution in [2.75, 3.05) is 14.2 Å². The number of aromatic nitrogens is 1. The summed E-state index contributed by atoms with van der Waals surface area (Å²) in [6, 6.07) is 9.28. The minimum atomic E-state index is -0.498. The van der Waals surface area contributed by atoms with E-state index >= 15 is 0 Å². The largest absolute Gasteiger partial charge is 0.494 e. The highest BCUT2D eigenvalue weighted by molar-refractivity contribution is 5.94. The van der Waals surface area contributed by atoms with Gasteiger partial charge < -0.3 is 9.47 Å². The van der Waals surface area contributed by atoms with Crippen LogP contribution in [0.5, 0.6) is 5.75 Å². The van der Waals surface area contributed by atoms with E-state index in [0.717, 1.165) is 10.9 Å². The lowest BCUT2D eigenvalue weighted by molar-refractivity contribution is 0.0590. The molecule has 0 fully saturated rings. The number of carbonyl (C=O) groups is 1. The lowest BCUT2D eigenvalue weighted by atomic mass is 10.2. The second kappa shape index (κ2) is 4.18.